The van der Waals surface area contributed by atoms with Gasteiger partial charge in [-0.1, -0.05) is 0 Å². The summed E-state index contributed by atoms with van der Waals surface area (Å²) in [4.78, 5) is -0.632. The van der Waals surface area contributed by atoms with Crippen molar-refractivity contribution in [2.24, 2.45) is 5.14 Å². The molecule has 0 spiro atoms. The molecule has 10 heteroatoms. The molecule has 0 unspecified atom stereocenters. The first-order valence-corrected chi connectivity index (χ1v) is 8.72. The van der Waals surface area contributed by atoms with E-state index in [2.05, 4.69) is 0 Å². The van der Waals surface area contributed by atoms with Crippen molar-refractivity contribution >= 4 is 10.0 Å². The van der Waals surface area contributed by atoms with E-state index in [-0.39, 0.29) is 17.1 Å². The van der Waals surface area contributed by atoms with Crippen molar-refractivity contribution in [2.45, 2.75) is 23.3 Å². The Kier molecular flexibility index (Phi) is 4.39. The number of primary sulfonamides is 1. The molecule has 0 fully saturated rings. The molecule has 0 bridgehead atoms. The van der Waals surface area contributed by atoms with E-state index in [0.29, 0.717) is 0 Å². The smallest absolute Gasteiger partial charge is 0.238 e. The van der Waals surface area contributed by atoms with E-state index in [4.69, 9.17) is 15.1 Å². The second-order valence-electron chi connectivity index (χ2n) is 5.61. The van der Waals surface area contributed by atoms with Crippen LogP contribution in [-0.2, 0) is 10.0 Å². The zero-order chi connectivity index (χ0) is 19.2. The molecule has 1 aliphatic rings. The summed E-state index contributed by atoms with van der Waals surface area (Å²) in [6.45, 7) is 0. The average molecular weight is 384 g/mol. The largest absolute Gasteiger partial charge is 0.457 e. The highest BCUT2D eigenvalue weighted by Crippen LogP contribution is 2.50. The first-order valence-electron chi connectivity index (χ1n) is 7.18. The number of nitrogens with zero attached hydrogens (tertiary/aromatic N) is 1. The number of fused-ring (bicyclic) bond motifs is 1. The summed E-state index contributed by atoms with van der Waals surface area (Å²) in [5, 5.41) is 23.8. The number of alkyl halides is 2. The zero-order valence-corrected chi connectivity index (χ0v) is 13.7. The third-order valence-electron chi connectivity index (χ3n) is 3.89. The van der Waals surface area contributed by atoms with Crippen LogP contribution < -0.4 is 9.88 Å². The molecule has 0 radical (unpaired) electrons. The third-order valence-corrected chi connectivity index (χ3v) is 4.86. The van der Waals surface area contributed by atoms with Crippen molar-refractivity contribution in [1.29, 1.82) is 5.26 Å². The molecular weight excluding hydrogens is 373 g/mol. The van der Waals surface area contributed by atoms with Crippen molar-refractivity contribution in [3.05, 3.63) is 52.8 Å². The lowest BCUT2D eigenvalue weighted by Gasteiger charge is -2.14. The van der Waals surface area contributed by atoms with Gasteiger partial charge in [0.2, 0.25) is 10.0 Å². The fraction of sp³-hybridized carbons (Fsp3) is 0.188. The highest BCUT2D eigenvalue weighted by Gasteiger charge is 2.46. The van der Waals surface area contributed by atoms with Gasteiger partial charge in [0, 0.05) is 17.2 Å². The van der Waals surface area contributed by atoms with Gasteiger partial charge in [0.05, 0.1) is 16.5 Å². The fourth-order valence-electron chi connectivity index (χ4n) is 2.81. The number of sulfonamides is 1. The second kappa shape index (κ2) is 6.28. The highest BCUT2D eigenvalue weighted by molar-refractivity contribution is 7.89. The third kappa shape index (κ3) is 3.01. The maximum Gasteiger partial charge on any atom is 0.238 e. The topological polar surface area (TPSA) is 113 Å². The molecule has 136 valence electrons. The summed E-state index contributed by atoms with van der Waals surface area (Å²) in [6, 6.07) is 6.68. The van der Waals surface area contributed by atoms with Gasteiger partial charge < -0.3 is 9.84 Å². The zero-order valence-electron chi connectivity index (χ0n) is 12.9. The number of hydrogen-bond donors (Lipinski definition) is 2. The van der Waals surface area contributed by atoms with Crippen molar-refractivity contribution in [1.82, 2.24) is 0 Å². The molecule has 0 aliphatic heterocycles. The molecule has 6 nitrogen and oxygen atoms in total. The van der Waals surface area contributed by atoms with Crippen LogP contribution in [0.15, 0.2) is 35.2 Å². The van der Waals surface area contributed by atoms with E-state index in [1.54, 1.807) is 6.07 Å². The Bertz CT molecular complexity index is 1040. The molecule has 1 aliphatic carbocycles. The Hall–Kier alpha value is -2.61. The summed E-state index contributed by atoms with van der Waals surface area (Å²) in [7, 11) is -4.37. The van der Waals surface area contributed by atoms with Crippen LogP contribution in [0, 0.1) is 17.1 Å². The van der Waals surface area contributed by atoms with E-state index in [1.165, 1.54) is 0 Å². The second-order valence-corrected chi connectivity index (χ2v) is 7.14. The summed E-state index contributed by atoms with van der Waals surface area (Å²) >= 11 is 0. The molecule has 3 rings (SSSR count). The molecule has 2 aromatic carbocycles. The van der Waals surface area contributed by atoms with Crippen LogP contribution in [0.25, 0.3) is 0 Å². The summed E-state index contributed by atoms with van der Waals surface area (Å²) in [5.41, 5.74) is -1.14. The maximum atomic E-state index is 14.3. The van der Waals surface area contributed by atoms with Crippen molar-refractivity contribution in [3.63, 3.8) is 0 Å². The van der Waals surface area contributed by atoms with Gasteiger partial charge in [0.1, 0.15) is 23.4 Å². The molecular formula is C16H11F3N2O4S. The number of hydrogen-bond acceptors (Lipinski definition) is 5. The van der Waals surface area contributed by atoms with E-state index < -0.39 is 50.3 Å². The Labute approximate surface area is 146 Å². The van der Waals surface area contributed by atoms with Gasteiger partial charge in [-0.25, -0.2) is 26.7 Å². The first kappa shape index (κ1) is 18.2. The molecule has 0 saturated heterocycles. The lowest BCUT2D eigenvalue weighted by Crippen LogP contribution is -2.17. The Balaban J connectivity index is 2.17. The Morgan fingerprint density at radius 1 is 1.19 bits per heavy atom. The van der Waals surface area contributed by atoms with Crippen LogP contribution in [0.1, 0.15) is 29.0 Å². The van der Waals surface area contributed by atoms with Crippen LogP contribution in [0.2, 0.25) is 0 Å². The minimum absolute atomic E-state index is 0.0713. The normalized spacial score (nSPS) is 21.9. The number of benzene rings is 2. The van der Waals surface area contributed by atoms with Crippen molar-refractivity contribution in [3.8, 4) is 17.6 Å². The van der Waals surface area contributed by atoms with E-state index in [9.17, 15) is 26.7 Å². The lowest BCUT2D eigenvalue weighted by atomic mass is 10.1. The van der Waals surface area contributed by atoms with Crippen LogP contribution in [0.4, 0.5) is 13.2 Å². The fourth-order valence-corrected chi connectivity index (χ4v) is 3.61. The van der Waals surface area contributed by atoms with Crippen molar-refractivity contribution in [2.75, 3.05) is 0 Å². The number of aliphatic hydroxyl groups is 1. The molecule has 0 aromatic heterocycles. The monoisotopic (exact) mass is 384 g/mol. The van der Waals surface area contributed by atoms with Crippen molar-refractivity contribution < 1.29 is 31.4 Å². The molecule has 0 amide bonds. The molecule has 3 atom stereocenters. The van der Waals surface area contributed by atoms with Crippen LogP contribution in [0.3, 0.4) is 0 Å². The molecule has 26 heavy (non-hydrogen) atoms. The van der Waals surface area contributed by atoms with Gasteiger partial charge in [-0.3, -0.25) is 0 Å². The van der Waals surface area contributed by atoms with Gasteiger partial charge in [0.15, 0.2) is 12.3 Å². The van der Waals surface area contributed by atoms with Gasteiger partial charge in [-0.05, 0) is 24.3 Å². The number of rotatable bonds is 3. The summed E-state index contributed by atoms with van der Waals surface area (Å²) in [5.74, 6) is -1.30. The Morgan fingerprint density at radius 2 is 1.88 bits per heavy atom. The highest BCUT2D eigenvalue weighted by atomic mass is 32.2. The minimum atomic E-state index is -4.37. The van der Waals surface area contributed by atoms with Crippen LogP contribution >= 0.6 is 0 Å². The maximum absolute atomic E-state index is 14.3. The van der Waals surface area contributed by atoms with Gasteiger partial charge in [-0.15, -0.1) is 0 Å². The van der Waals surface area contributed by atoms with Gasteiger partial charge in [0.25, 0.3) is 0 Å². The lowest BCUT2D eigenvalue weighted by molar-refractivity contribution is 0.0454. The van der Waals surface area contributed by atoms with Gasteiger partial charge >= 0.3 is 0 Å². The molecule has 0 heterocycles. The molecule has 0 saturated carbocycles. The standard InChI is InChI=1S/C16H11F3N2O4S/c17-8-3-7(6-20)4-9(5-8)25-10-1-2-11(26(21,23)24)13-12(10)14(18)15(19)16(13)22/h1-5,14-16,22H,(H2,21,23,24)/t14-,15-,16+/m1/s1. The summed E-state index contributed by atoms with van der Waals surface area (Å²) in [6.07, 6.45) is -6.85. The van der Waals surface area contributed by atoms with Gasteiger partial charge in [-0.2, -0.15) is 5.26 Å². The number of nitrogens with two attached hydrogens (primary N) is 1. The SMILES string of the molecule is N#Cc1cc(F)cc(Oc2ccc(S(N)(=O)=O)c3c2[C@@H](F)[C@@H](F)[C@H]3O)c1. The molecule has 3 N–H and O–H groups in total. The predicted molar refractivity (Wildman–Crippen MR) is 82.7 cm³/mol. The summed E-state index contributed by atoms with van der Waals surface area (Å²) < 4.78 is 70.4. The molecule has 2 aromatic rings. The van der Waals surface area contributed by atoms with E-state index in [1.807, 2.05) is 0 Å². The predicted octanol–water partition coefficient (Wildman–Crippen LogP) is 2.53. The van der Waals surface area contributed by atoms with Crippen LogP contribution in [-0.4, -0.2) is 19.7 Å². The number of ether oxygens (including phenoxy) is 1. The Morgan fingerprint density at radius 3 is 2.50 bits per heavy atom. The van der Waals surface area contributed by atoms with E-state index >= 15 is 0 Å². The van der Waals surface area contributed by atoms with E-state index in [0.717, 1.165) is 30.3 Å². The average Bonchev–Trinajstić information content (AvgIpc) is 2.79. The number of halogens is 3. The number of nitriles is 1. The quantitative estimate of drug-likeness (QED) is 0.844. The first-order chi connectivity index (χ1) is 12.1. The minimum Gasteiger partial charge on any atom is -0.457 e. The number of aliphatic hydroxyl groups excluding tert-OH is 1. The van der Waals surface area contributed by atoms with Crippen LogP contribution in [0.5, 0.6) is 11.5 Å².